The number of hydrogen-bond donors (Lipinski definition) is 4. The fourth-order valence-corrected chi connectivity index (χ4v) is 7.84. The zero-order chi connectivity index (χ0) is 48.3. The number of hydrogen-bond acceptors (Lipinski definition) is 17. The van der Waals surface area contributed by atoms with Gasteiger partial charge < -0.3 is 43.8 Å². The van der Waals surface area contributed by atoms with Crippen LogP contribution in [0, 0.1) is 0 Å². The predicted molar refractivity (Wildman–Crippen MR) is 238 cm³/mol. The molecule has 2 aromatic carbocycles. The average Bonchev–Trinajstić information content (AvgIpc) is 3.73. The van der Waals surface area contributed by atoms with Crippen LogP contribution in [-0.4, -0.2) is 174 Å². The van der Waals surface area contributed by atoms with Gasteiger partial charge in [-0.05, 0) is 49.9 Å². The Morgan fingerprint density at radius 2 is 0.912 bits per heavy atom. The van der Waals surface area contributed by atoms with Gasteiger partial charge in [0.1, 0.15) is 12.1 Å². The molecule has 0 aliphatic carbocycles. The fraction of sp³-hybridized carbons (Fsp3) is 0.543. The average molecular weight is 951 g/mol. The van der Waals surface area contributed by atoms with E-state index in [4.69, 9.17) is 33.2 Å². The predicted octanol–water partition coefficient (Wildman–Crippen LogP) is 1.22. The van der Waals surface area contributed by atoms with Crippen molar-refractivity contribution in [2.45, 2.75) is 63.5 Å². The van der Waals surface area contributed by atoms with Crippen LogP contribution in [0.1, 0.15) is 92.8 Å². The number of piperidine rings is 2. The lowest BCUT2D eigenvalue weighted by molar-refractivity contribution is -0.137. The second kappa shape index (κ2) is 26.5. The van der Waals surface area contributed by atoms with Crippen LogP contribution in [0.2, 0.25) is 0 Å². The van der Waals surface area contributed by atoms with Crippen molar-refractivity contribution >= 4 is 64.5 Å². The number of imide groups is 4. The van der Waals surface area contributed by atoms with E-state index in [1.54, 1.807) is 30.3 Å². The van der Waals surface area contributed by atoms with E-state index in [0.29, 0.717) is 111 Å². The first-order valence-corrected chi connectivity index (χ1v) is 22.8. The van der Waals surface area contributed by atoms with E-state index in [1.165, 1.54) is 6.07 Å². The molecule has 0 aromatic heterocycles. The molecule has 4 aliphatic rings. The number of rotatable bonds is 31. The minimum Gasteiger partial charge on any atom is -0.382 e. The Bertz CT molecular complexity index is 2170. The van der Waals surface area contributed by atoms with Crippen LogP contribution in [0.25, 0.3) is 0 Å². The maximum absolute atomic E-state index is 13.2. The van der Waals surface area contributed by atoms with Gasteiger partial charge in [-0.2, -0.15) is 0 Å². The smallest absolute Gasteiger partial charge is 0.264 e. The van der Waals surface area contributed by atoms with E-state index < -0.39 is 59.3 Å². The van der Waals surface area contributed by atoms with Crippen molar-refractivity contribution in [2.75, 3.05) is 110 Å². The minimum absolute atomic E-state index is 0.0174. The summed E-state index contributed by atoms with van der Waals surface area (Å²) >= 11 is 0. The Morgan fingerprint density at radius 3 is 1.37 bits per heavy atom. The zero-order valence-electron chi connectivity index (χ0n) is 37.8. The number of benzene rings is 2. The van der Waals surface area contributed by atoms with Crippen molar-refractivity contribution in [1.29, 1.82) is 0 Å². The van der Waals surface area contributed by atoms with Crippen LogP contribution < -0.4 is 21.3 Å². The largest absolute Gasteiger partial charge is 0.382 e. The van der Waals surface area contributed by atoms with E-state index in [-0.39, 0.29) is 66.0 Å². The van der Waals surface area contributed by atoms with Crippen molar-refractivity contribution in [3.05, 3.63) is 58.7 Å². The first-order valence-electron chi connectivity index (χ1n) is 22.8. The summed E-state index contributed by atoms with van der Waals surface area (Å²) < 4.78 is 38.8. The van der Waals surface area contributed by atoms with E-state index in [9.17, 15) is 43.2 Å². The Morgan fingerprint density at radius 1 is 0.500 bits per heavy atom. The first-order chi connectivity index (χ1) is 33.1. The zero-order valence-corrected chi connectivity index (χ0v) is 37.8. The molecule has 0 radical (unpaired) electrons. The molecule has 2 aromatic rings. The standard InChI is InChI=1S/C46H58N6O16/c53-36(48-33-9-5-7-31-40(33)46(61)52(44(31)59)35-12-14-38(55)50-42(35)57)10-2-1-3-16-62-18-20-64-22-24-66-26-28-68-29-27-67-25-23-65-21-19-63-17-15-47-32-8-4-6-30-39(32)45(60)51(43(30)58)34-11-13-37(54)49-41(34)56/h4-9,34-35,47H,1-3,10-29H2,(H,48,53)(H,49,54,56)(H,50,55,57). The third-order valence-electron chi connectivity index (χ3n) is 11.2. The molecule has 22 heteroatoms. The molecule has 9 amide bonds. The summed E-state index contributed by atoms with van der Waals surface area (Å²) in [6.45, 7) is 6.02. The molecule has 4 N–H and O–H groups in total. The lowest BCUT2D eigenvalue weighted by atomic mass is 10.0. The molecule has 0 bridgehead atoms. The number of amides is 9. The van der Waals surface area contributed by atoms with E-state index in [1.807, 2.05) is 0 Å². The summed E-state index contributed by atoms with van der Waals surface area (Å²) in [6.07, 6.45) is 2.49. The van der Waals surface area contributed by atoms with E-state index >= 15 is 0 Å². The van der Waals surface area contributed by atoms with Gasteiger partial charge in [0.15, 0.2) is 0 Å². The topological polar surface area (TPSA) is 273 Å². The lowest BCUT2D eigenvalue weighted by Crippen LogP contribution is -2.54. The van der Waals surface area contributed by atoms with Crippen molar-refractivity contribution < 1.29 is 76.3 Å². The molecule has 368 valence electrons. The summed E-state index contributed by atoms with van der Waals surface area (Å²) in [5.74, 6) is -5.00. The summed E-state index contributed by atoms with van der Waals surface area (Å²) in [7, 11) is 0. The SMILES string of the molecule is O=C1CCC(N2C(=O)c3cccc(NCCOCCOCCOCCOCCOCCOCCOCCCCCC(=O)Nc4cccc5c4C(=O)N(C4CCC(=O)NC4=O)C5=O)c3C2=O)C(=O)N1. The van der Waals surface area contributed by atoms with Gasteiger partial charge in [0.25, 0.3) is 23.6 Å². The van der Waals surface area contributed by atoms with Gasteiger partial charge in [-0.3, -0.25) is 63.6 Å². The van der Waals surface area contributed by atoms with E-state index in [2.05, 4.69) is 21.3 Å². The molecule has 2 fully saturated rings. The van der Waals surface area contributed by atoms with Gasteiger partial charge in [-0.1, -0.05) is 18.6 Å². The molecule has 2 unspecified atom stereocenters. The Kier molecular flexibility index (Phi) is 20.0. The third-order valence-corrected chi connectivity index (χ3v) is 11.2. The molecule has 6 rings (SSSR count). The molecular weight excluding hydrogens is 893 g/mol. The molecule has 22 nitrogen and oxygen atoms in total. The first kappa shape index (κ1) is 51.4. The molecule has 68 heavy (non-hydrogen) atoms. The maximum atomic E-state index is 13.2. The van der Waals surface area contributed by atoms with Crippen molar-refractivity contribution in [1.82, 2.24) is 20.4 Å². The normalized spacial score (nSPS) is 18.0. The van der Waals surface area contributed by atoms with Crippen molar-refractivity contribution in [2.24, 2.45) is 0 Å². The van der Waals surface area contributed by atoms with Crippen molar-refractivity contribution in [3.8, 4) is 0 Å². The van der Waals surface area contributed by atoms with Crippen LogP contribution >= 0.6 is 0 Å². The number of nitrogens with zero attached hydrogens (tertiary/aromatic N) is 2. The third kappa shape index (κ3) is 14.0. The second-order valence-corrected chi connectivity index (χ2v) is 15.9. The highest BCUT2D eigenvalue weighted by Crippen LogP contribution is 2.34. The second-order valence-electron chi connectivity index (χ2n) is 15.9. The Balaban J connectivity index is 0.669. The van der Waals surface area contributed by atoms with Gasteiger partial charge in [0.05, 0.1) is 114 Å². The summed E-state index contributed by atoms with van der Waals surface area (Å²) in [5.41, 5.74) is 1.20. The molecule has 2 saturated heterocycles. The van der Waals surface area contributed by atoms with Gasteiger partial charge in [0.2, 0.25) is 29.5 Å². The van der Waals surface area contributed by atoms with Gasteiger partial charge in [-0.15, -0.1) is 0 Å². The van der Waals surface area contributed by atoms with E-state index in [0.717, 1.165) is 22.6 Å². The molecule has 0 spiro atoms. The van der Waals surface area contributed by atoms with Gasteiger partial charge >= 0.3 is 0 Å². The summed E-state index contributed by atoms with van der Waals surface area (Å²) in [5, 5.41) is 10.2. The number of carbonyl (C=O) groups excluding carboxylic acids is 9. The highest BCUT2D eigenvalue weighted by Gasteiger charge is 2.47. The van der Waals surface area contributed by atoms with Gasteiger partial charge in [0, 0.05) is 38.1 Å². The summed E-state index contributed by atoms with van der Waals surface area (Å²) in [4.78, 5) is 115. The number of unbranched alkanes of at least 4 members (excludes halogenated alkanes) is 2. The number of anilines is 2. The highest BCUT2D eigenvalue weighted by atomic mass is 16.6. The van der Waals surface area contributed by atoms with Crippen LogP contribution in [0.15, 0.2) is 36.4 Å². The van der Waals surface area contributed by atoms with Crippen molar-refractivity contribution in [3.63, 3.8) is 0 Å². The van der Waals surface area contributed by atoms with Crippen LogP contribution in [-0.2, 0) is 57.1 Å². The highest BCUT2D eigenvalue weighted by molar-refractivity contribution is 6.27. The molecule has 4 heterocycles. The number of carbonyl (C=O) groups is 9. The number of nitrogens with one attached hydrogen (secondary N) is 4. The fourth-order valence-electron chi connectivity index (χ4n) is 7.84. The quantitative estimate of drug-likeness (QED) is 0.0611. The van der Waals surface area contributed by atoms with Crippen LogP contribution in [0.5, 0.6) is 0 Å². The molecular formula is C46H58N6O16. The van der Waals surface area contributed by atoms with Crippen LogP contribution in [0.3, 0.4) is 0 Å². The maximum Gasteiger partial charge on any atom is 0.264 e. The van der Waals surface area contributed by atoms with Gasteiger partial charge in [-0.25, -0.2) is 0 Å². The minimum atomic E-state index is -1.09. The summed E-state index contributed by atoms with van der Waals surface area (Å²) in [6, 6.07) is 7.34. The Labute approximate surface area is 392 Å². The molecule has 2 atom stereocenters. The van der Waals surface area contributed by atoms with Crippen LogP contribution in [0.4, 0.5) is 11.4 Å². The molecule has 0 saturated carbocycles. The number of fused-ring (bicyclic) bond motifs is 2. The lowest BCUT2D eigenvalue weighted by Gasteiger charge is -2.27. The molecule has 4 aliphatic heterocycles. The Hall–Kier alpha value is -6.01. The number of ether oxygens (including phenoxy) is 7. The monoisotopic (exact) mass is 950 g/mol.